The summed E-state index contributed by atoms with van der Waals surface area (Å²) in [6.45, 7) is 3.76. The third kappa shape index (κ3) is 3.42. The van der Waals surface area contributed by atoms with Gasteiger partial charge < -0.3 is 16.3 Å². The summed E-state index contributed by atoms with van der Waals surface area (Å²) in [5, 5.41) is 8.36. The van der Waals surface area contributed by atoms with Crippen molar-refractivity contribution < 1.29 is 15.4 Å². The highest BCUT2D eigenvalue weighted by Crippen LogP contribution is 2.04. The van der Waals surface area contributed by atoms with Crippen LogP contribution < -0.4 is 5.73 Å². The second-order valence-electron chi connectivity index (χ2n) is 2.25. The van der Waals surface area contributed by atoms with E-state index in [4.69, 9.17) is 10.8 Å². The van der Waals surface area contributed by atoms with Crippen molar-refractivity contribution in [3.8, 4) is 0 Å². The maximum atomic E-state index is 10.2. The van der Waals surface area contributed by atoms with Gasteiger partial charge in [-0.1, -0.05) is 20.3 Å². The van der Waals surface area contributed by atoms with Crippen LogP contribution in [0.1, 0.15) is 20.3 Å². The highest BCUT2D eigenvalue weighted by Gasteiger charge is 2.17. The standard InChI is InChI=1S/C6H13NO2.H2O/c1-3-4(2)5(7)6(8)9;/h4-5H,3,7H2,1-2H3,(H,8,9);1H2. The number of carboxylic acids is 1. The lowest BCUT2D eigenvalue weighted by molar-refractivity contribution is -0.139. The van der Waals surface area contributed by atoms with Crippen LogP contribution in [0, 0.1) is 5.92 Å². The Balaban J connectivity index is 0. The zero-order valence-electron chi connectivity index (χ0n) is 6.29. The molecule has 0 aromatic heterocycles. The lowest BCUT2D eigenvalue weighted by atomic mass is 10.0. The summed E-state index contributed by atoms with van der Waals surface area (Å²) >= 11 is 0. The lowest BCUT2D eigenvalue weighted by Crippen LogP contribution is -2.36. The van der Waals surface area contributed by atoms with Crippen LogP contribution in [0.3, 0.4) is 0 Å². The van der Waals surface area contributed by atoms with Gasteiger partial charge in [0, 0.05) is 0 Å². The summed E-state index contributed by atoms with van der Waals surface area (Å²) in [5.74, 6) is -0.841. The monoisotopic (exact) mass is 149 g/mol. The van der Waals surface area contributed by atoms with Crippen LogP contribution in [0.4, 0.5) is 0 Å². The minimum atomic E-state index is -0.913. The van der Waals surface area contributed by atoms with E-state index in [-0.39, 0.29) is 11.4 Å². The molecule has 0 bridgehead atoms. The number of hydrogen-bond donors (Lipinski definition) is 2. The molecule has 2 unspecified atom stereocenters. The molecule has 0 rings (SSSR count). The largest absolute Gasteiger partial charge is 0.480 e. The first kappa shape index (κ1) is 12.1. The molecule has 0 saturated carbocycles. The molecule has 0 heterocycles. The van der Waals surface area contributed by atoms with Crippen molar-refractivity contribution in [1.29, 1.82) is 0 Å². The Hall–Kier alpha value is -0.610. The highest BCUT2D eigenvalue weighted by molar-refractivity contribution is 5.73. The van der Waals surface area contributed by atoms with E-state index in [0.717, 1.165) is 6.42 Å². The van der Waals surface area contributed by atoms with Gasteiger partial charge in [-0.25, -0.2) is 0 Å². The minimum absolute atomic E-state index is 0. The molecule has 0 aromatic rings. The fourth-order valence-electron chi connectivity index (χ4n) is 0.497. The van der Waals surface area contributed by atoms with Gasteiger partial charge >= 0.3 is 5.97 Å². The van der Waals surface area contributed by atoms with E-state index in [1.807, 2.05) is 13.8 Å². The Bertz CT molecular complexity index is 105. The van der Waals surface area contributed by atoms with Crippen molar-refractivity contribution in [3.05, 3.63) is 0 Å². The van der Waals surface area contributed by atoms with Crippen molar-refractivity contribution in [3.63, 3.8) is 0 Å². The topological polar surface area (TPSA) is 94.8 Å². The van der Waals surface area contributed by atoms with Gasteiger partial charge in [0.1, 0.15) is 6.04 Å². The van der Waals surface area contributed by atoms with Crippen molar-refractivity contribution in [2.75, 3.05) is 0 Å². The third-order valence-electron chi connectivity index (χ3n) is 1.54. The fraction of sp³-hybridized carbons (Fsp3) is 0.833. The molecule has 0 amide bonds. The summed E-state index contributed by atoms with van der Waals surface area (Å²) in [5.41, 5.74) is 5.27. The maximum absolute atomic E-state index is 10.2. The smallest absolute Gasteiger partial charge is 0.320 e. The summed E-state index contributed by atoms with van der Waals surface area (Å²) in [6, 6.07) is -0.699. The second-order valence-corrected chi connectivity index (χ2v) is 2.25. The molecule has 0 aliphatic rings. The summed E-state index contributed by atoms with van der Waals surface area (Å²) in [6.07, 6.45) is 0.813. The average molecular weight is 149 g/mol. The molecule has 5 N–H and O–H groups in total. The number of hydrogen-bond acceptors (Lipinski definition) is 2. The van der Waals surface area contributed by atoms with Crippen LogP contribution in [0.25, 0.3) is 0 Å². The van der Waals surface area contributed by atoms with Gasteiger partial charge in [0.2, 0.25) is 0 Å². The Morgan fingerprint density at radius 1 is 1.70 bits per heavy atom. The van der Waals surface area contributed by atoms with E-state index in [0.29, 0.717) is 0 Å². The third-order valence-corrected chi connectivity index (χ3v) is 1.54. The van der Waals surface area contributed by atoms with Gasteiger partial charge in [0.05, 0.1) is 0 Å². The van der Waals surface area contributed by atoms with Crippen molar-refractivity contribution in [1.82, 2.24) is 0 Å². The van der Waals surface area contributed by atoms with E-state index in [9.17, 15) is 4.79 Å². The van der Waals surface area contributed by atoms with Gasteiger partial charge in [0.25, 0.3) is 0 Å². The molecule has 0 saturated heterocycles. The van der Waals surface area contributed by atoms with Crippen molar-refractivity contribution in [2.45, 2.75) is 26.3 Å². The van der Waals surface area contributed by atoms with Crippen LogP contribution in [-0.4, -0.2) is 22.6 Å². The van der Waals surface area contributed by atoms with E-state index in [1.54, 1.807) is 0 Å². The zero-order valence-corrected chi connectivity index (χ0v) is 6.29. The first-order valence-corrected chi connectivity index (χ1v) is 3.08. The molecule has 0 aliphatic carbocycles. The zero-order chi connectivity index (χ0) is 7.44. The SMILES string of the molecule is CCC(C)C(N)C(=O)O.O. The van der Waals surface area contributed by atoms with Crippen molar-refractivity contribution in [2.24, 2.45) is 11.7 Å². The summed E-state index contributed by atoms with van der Waals surface area (Å²) in [4.78, 5) is 10.2. The number of carbonyl (C=O) groups is 1. The Kier molecular flexibility index (Phi) is 6.29. The molecule has 62 valence electrons. The first-order valence-electron chi connectivity index (χ1n) is 3.08. The van der Waals surface area contributed by atoms with Crippen LogP contribution in [0.15, 0.2) is 0 Å². The molecule has 0 aliphatic heterocycles. The van der Waals surface area contributed by atoms with E-state index in [2.05, 4.69) is 0 Å². The predicted molar refractivity (Wildman–Crippen MR) is 38.7 cm³/mol. The van der Waals surface area contributed by atoms with Crippen LogP contribution in [-0.2, 0) is 4.79 Å². The molecule has 0 spiro atoms. The van der Waals surface area contributed by atoms with Gasteiger partial charge in [-0.05, 0) is 5.92 Å². The molecular formula is C6H15NO3. The van der Waals surface area contributed by atoms with E-state index >= 15 is 0 Å². The van der Waals surface area contributed by atoms with Crippen LogP contribution >= 0.6 is 0 Å². The fourth-order valence-corrected chi connectivity index (χ4v) is 0.497. The average Bonchev–Trinajstić information content (AvgIpc) is 1.84. The van der Waals surface area contributed by atoms with E-state index < -0.39 is 12.0 Å². The highest BCUT2D eigenvalue weighted by atomic mass is 16.4. The molecule has 0 aromatic carbocycles. The lowest BCUT2D eigenvalue weighted by Gasteiger charge is -2.11. The molecule has 0 radical (unpaired) electrons. The first-order chi connectivity index (χ1) is 4.09. The van der Waals surface area contributed by atoms with Gasteiger partial charge in [-0.2, -0.15) is 0 Å². The molecule has 10 heavy (non-hydrogen) atoms. The summed E-state index contributed by atoms with van der Waals surface area (Å²) < 4.78 is 0. The molecule has 4 heteroatoms. The van der Waals surface area contributed by atoms with Gasteiger partial charge in [0.15, 0.2) is 0 Å². The van der Waals surface area contributed by atoms with Crippen LogP contribution in [0.2, 0.25) is 0 Å². The molecule has 0 fully saturated rings. The number of aliphatic carboxylic acids is 1. The normalized spacial score (nSPS) is 15.1. The Morgan fingerprint density at radius 2 is 2.10 bits per heavy atom. The summed E-state index contributed by atoms with van der Waals surface area (Å²) in [7, 11) is 0. The maximum Gasteiger partial charge on any atom is 0.320 e. The quantitative estimate of drug-likeness (QED) is 0.572. The van der Waals surface area contributed by atoms with E-state index in [1.165, 1.54) is 0 Å². The van der Waals surface area contributed by atoms with Crippen LogP contribution in [0.5, 0.6) is 0 Å². The van der Waals surface area contributed by atoms with Crippen molar-refractivity contribution >= 4 is 5.97 Å². The molecule has 4 nitrogen and oxygen atoms in total. The Morgan fingerprint density at radius 3 is 2.20 bits per heavy atom. The van der Waals surface area contributed by atoms with Gasteiger partial charge in [-0.3, -0.25) is 4.79 Å². The molecular weight excluding hydrogens is 134 g/mol. The number of nitrogens with two attached hydrogens (primary N) is 1. The second kappa shape index (κ2) is 5.20. The predicted octanol–water partition coefficient (Wildman–Crippen LogP) is -0.380. The Labute approximate surface area is 60.3 Å². The molecule has 2 atom stereocenters. The number of carboxylic acid groups (broad SMARTS) is 1. The van der Waals surface area contributed by atoms with Gasteiger partial charge in [-0.15, -0.1) is 0 Å². The minimum Gasteiger partial charge on any atom is -0.480 e. The number of rotatable bonds is 3.